The van der Waals surface area contributed by atoms with E-state index in [1.165, 1.54) is 6.92 Å². The Labute approximate surface area is 126 Å². The summed E-state index contributed by atoms with van der Waals surface area (Å²) in [6, 6.07) is 7.35. The fourth-order valence-electron chi connectivity index (χ4n) is 1.77. The molecule has 0 aromatic heterocycles. The molecule has 2 amide bonds. The lowest BCUT2D eigenvalue weighted by Gasteiger charge is -2.16. The van der Waals surface area contributed by atoms with Crippen LogP contribution >= 0.6 is 0 Å². The fourth-order valence-corrected chi connectivity index (χ4v) is 1.77. The molecule has 5 nitrogen and oxygen atoms in total. The number of benzene rings is 1. The van der Waals surface area contributed by atoms with Crippen LogP contribution < -0.4 is 5.32 Å². The molecular weight excluding hydrogens is 268 g/mol. The number of anilines is 1. The van der Waals surface area contributed by atoms with Gasteiger partial charge in [-0.05, 0) is 23.6 Å². The Hall–Kier alpha value is -1.88. The SMILES string of the molecule is CC(=O)N(C)Cc1cccc(NC(=O)CC(O)C(C)C)c1. The van der Waals surface area contributed by atoms with Crippen LogP contribution in [0.15, 0.2) is 24.3 Å². The summed E-state index contributed by atoms with van der Waals surface area (Å²) in [5, 5.41) is 12.5. The van der Waals surface area contributed by atoms with Gasteiger partial charge >= 0.3 is 0 Å². The number of aliphatic hydroxyl groups is 1. The van der Waals surface area contributed by atoms with Crippen molar-refractivity contribution in [3.05, 3.63) is 29.8 Å². The van der Waals surface area contributed by atoms with Crippen molar-refractivity contribution in [3.63, 3.8) is 0 Å². The van der Waals surface area contributed by atoms with Gasteiger partial charge in [0.25, 0.3) is 0 Å². The molecule has 21 heavy (non-hydrogen) atoms. The van der Waals surface area contributed by atoms with E-state index in [1.807, 2.05) is 32.0 Å². The third-order valence-electron chi connectivity index (χ3n) is 3.33. The van der Waals surface area contributed by atoms with Crippen LogP contribution in [-0.2, 0) is 16.1 Å². The minimum atomic E-state index is -0.642. The summed E-state index contributed by atoms with van der Waals surface area (Å²) in [7, 11) is 1.73. The van der Waals surface area contributed by atoms with Crippen molar-refractivity contribution in [2.75, 3.05) is 12.4 Å². The summed E-state index contributed by atoms with van der Waals surface area (Å²) < 4.78 is 0. The van der Waals surface area contributed by atoms with Crippen LogP contribution in [0, 0.1) is 5.92 Å². The van der Waals surface area contributed by atoms with Crippen molar-refractivity contribution >= 4 is 17.5 Å². The minimum Gasteiger partial charge on any atom is -0.392 e. The van der Waals surface area contributed by atoms with Crippen LogP contribution in [0.1, 0.15) is 32.8 Å². The highest BCUT2D eigenvalue weighted by molar-refractivity contribution is 5.91. The van der Waals surface area contributed by atoms with Crippen LogP contribution in [0.2, 0.25) is 0 Å². The van der Waals surface area contributed by atoms with Gasteiger partial charge in [0.1, 0.15) is 0 Å². The number of carbonyl (C=O) groups excluding carboxylic acids is 2. The van der Waals surface area contributed by atoms with Gasteiger partial charge in [-0.2, -0.15) is 0 Å². The summed E-state index contributed by atoms with van der Waals surface area (Å²) >= 11 is 0. The molecule has 0 aliphatic carbocycles. The Bertz CT molecular complexity index is 500. The number of amides is 2. The zero-order valence-corrected chi connectivity index (χ0v) is 13.1. The number of carbonyl (C=O) groups is 2. The number of rotatable bonds is 6. The molecule has 0 saturated heterocycles. The van der Waals surface area contributed by atoms with Gasteiger partial charge in [-0.1, -0.05) is 26.0 Å². The Kier molecular flexibility index (Phi) is 6.37. The molecule has 1 atom stereocenters. The summed E-state index contributed by atoms with van der Waals surface area (Å²) in [4.78, 5) is 24.7. The van der Waals surface area contributed by atoms with Crippen molar-refractivity contribution in [2.24, 2.45) is 5.92 Å². The van der Waals surface area contributed by atoms with Gasteiger partial charge < -0.3 is 15.3 Å². The summed E-state index contributed by atoms with van der Waals surface area (Å²) in [5.41, 5.74) is 1.61. The van der Waals surface area contributed by atoms with Crippen LogP contribution in [-0.4, -0.2) is 35.0 Å². The van der Waals surface area contributed by atoms with Crippen LogP contribution in [0.4, 0.5) is 5.69 Å². The van der Waals surface area contributed by atoms with E-state index in [2.05, 4.69) is 5.32 Å². The van der Waals surface area contributed by atoms with Crippen molar-refractivity contribution < 1.29 is 14.7 Å². The topological polar surface area (TPSA) is 69.6 Å². The molecule has 0 radical (unpaired) electrons. The van der Waals surface area contributed by atoms with Gasteiger partial charge in [0.15, 0.2) is 0 Å². The van der Waals surface area contributed by atoms with Crippen LogP contribution in [0.5, 0.6) is 0 Å². The third kappa shape index (κ3) is 5.95. The zero-order valence-electron chi connectivity index (χ0n) is 13.1. The van der Waals surface area contributed by atoms with E-state index >= 15 is 0 Å². The molecule has 5 heteroatoms. The lowest BCUT2D eigenvalue weighted by atomic mass is 10.0. The van der Waals surface area contributed by atoms with Gasteiger partial charge in [0.2, 0.25) is 11.8 Å². The maximum atomic E-state index is 11.8. The molecule has 1 aromatic rings. The first kappa shape index (κ1) is 17.2. The van der Waals surface area contributed by atoms with Gasteiger partial charge in [0, 0.05) is 26.2 Å². The molecular formula is C16H24N2O3. The molecule has 2 N–H and O–H groups in total. The number of nitrogens with zero attached hydrogens (tertiary/aromatic N) is 1. The fraction of sp³-hybridized carbons (Fsp3) is 0.500. The maximum absolute atomic E-state index is 11.8. The highest BCUT2D eigenvalue weighted by Gasteiger charge is 2.14. The molecule has 1 unspecified atom stereocenters. The first-order valence-corrected chi connectivity index (χ1v) is 7.08. The second kappa shape index (κ2) is 7.78. The molecule has 1 rings (SSSR count). The quantitative estimate of drug-likeness (QED) is 0.842. The van der Waals surface area contributed by atoms with E-state index < -0.39 is 6.10 Å². The molecule has 0 heterocycles. The van der Waals surface area contributed by atoms with Gasteiger partial charge in [-0.15, -0.1) is 0 Å². The number of nitrogens with one attached hydrogen (secondary N) is 1. The average molecular weight is 292 g/mol. The van der Waals surface area contributed by atoms with Gasteiger partial charge in [-0.3, -0.25) is 9.59 Å². The molecule has 0 bridgehead atoms. The zero-order chi connectivity index (χ0) is 16.0. The molecule has 0 fully saturated rings. The Morgan fingerprint density at radius 1 is 1.33 bits per heavy atom. The first-order valence-electron chi connectivity index (χ1n) is 7.08. The molecule has 0 spiro atoms. The van der Waals surface area contributed by atoms with Crippen molar-refractivity contribution in [3.8, 4) is 0 Å². The van der Waals surface area contributed by atoms with Gasteiger partial charge in [0.05, 0.1) is 12.5 Å². The molecule has 116 valence electrons. The minimum absolute atomic E-state index is 0.00973. The molecule has 0 aliphatic rings. The van der Waals surface area contributed by atoms with Crippen molar-refractivity contribution in [2.45, 2.75) is 39.8 Å². The number of aliphatic hydroxyl groups excluding tert-OH is 1. The normalized spacial score (nSPS) is 12.1. The molecule has 1 aromatic carbocycles. The Balaban J connectivity index is 2.64. The number of hydrogen-bond acceptors (Lipinski definition) is 3. The lowest BCUT2D eigenvalue weighted by Crippen LogP contribution is -2.24. The van der Waals surface area contributed by atoms with Crippen molar-refractivity contribution in [1.82, 2.24) is 4.90 Å². The van der Waals surface area contributed by atoms with E-state index in [1.54, 1.807) is 18.0 Å². The van der Waals surface area contributed by atoms with E-state index in [-0.39, 0.29) is 24.2 Å². The monoisotopic (exact) mass is 292 g/mol. The second-order valence-corrected chi connectivity index (χ2v) is 5.64. The van der Waals surface area contributed by atoms with E-state index in [4.69, 9.17) is 0 Å². The van der Waals surface area contributed by atoms with Gasteiger partial charge in [-0.25, -0.2) is 0 Å². The smallest absolute Gasteiger partial charge is 0.226 e. The second-order valence-electron chi connectivity index (χ2n) is 5.64. The Morgan fingerprint density at radius 2 is 2.00 bits per heavy atom. The average Bonchev–Trinajstić information content (AvgIpc) is 2.38. The van der Waals surface area contributed by atoms with Crippen LogP contribution in [0.3, 0.4) is 0 Å². The first-order chi connectivity index (χ1) is 9.79. The van der Waals surface area contributed by atoms with Crippen LogP contribution in [0.25, 0.3) is 0 Å². The summed E-state index contributed by atoms with van der Waals surface area (Å²) in [6.45, 7) is 5.75. The standard InChI is InChI=1S/C16H24N2O3/c1-11(2)15(20)9-16(21)17-14-7-5-6-13(8-14)10-18(4)12(3)19/h5-8,11,15,20H,9-10H2,1-4H3,(H,17,21). The third-order valence-corrected chi connectivity index (χ3v) is 3.33. The largest absolute Gasteiger partial charge is 0.392 e. The van der Waals surface area contributed by atoms with E-state index in [0.717, 1.165) is 5.56 Å². The predicted octanol–water partition coefficient (Wildman–Crippen LogP) is 2.01. The summed E-state index contributed by atoms with van der Waals surface area (Å²) in [5.74, 6) is -0.177. The van der Waals surface area contributed by atoms with Crippen molar-refractivity contribution in [1.29, 1.82) is 0 Å². The summed E-state index contributed by atoms with van der Waals surface area (Å²) in [6.07, 6.45) is -0.563. The van der Waals surface area contributed by atoms with E-state index in [9.17, 15) is 14.7 Å². The molecule has 0 aliphatic heterocycles. The maximum Gasteiger partial charge on any atom is 0.226 e. The number of hydrogen-bond donors (Lipinski definition) is 2. The highest BCUT2D eigenvalue weighted by Crippen LogP contribution is 2.14. The Morgan fingerprint density at radius 3 is 2.57 bits per heavy atom. The highest BCUT2D eigenvalue weighted by atomic mass is 16.3. The predicted molar refractivity (Wildman–Crippen MR) is 82.7 cm³/mol. The van der Waals surface area contributed by atoms with E-state index in [0.29, 0.717) is 12.2 Å². The lowest BCUT2D eigenvalue weighted by molar-refractivity contribution is -0.128. The molecule has 0 saturated carbocycles.